The second kappa shape index (κ2) is 9.49. The highest BCUT2D eigenvalue weighted by atomic mass is 19.1. The normalized spacial score (nSPS) is 14.7. The topological polar surface area (TPSA) is 40.6 Å². The molecule has 0 bridgehead atoms. The molecule has 0 radical (unpaired) electrons. The molecule has 2 aromatic carbocycles. The highest BCUT2D eigenvalue weighted by Crippen LogP contribution is 2.22. The predicted molar refractivity (Wildman–Crippen MR) is 107 cm³/mol. The van der Waals surface area contributed by atoms with Crippen molar-refractivity contribution in [2.45, 2.75) is 32.7 Å². The molecule has 3 rings (SSSR count). The number of hydrogen-bond acceptors (Lipinski definition) is 2. The van der Waals surface area contributed by atoms with Crippen LogP contribution < -0.4 is 0 Å². The molecule has 0 atom stereocenters. The van der Waals surface area contributed by atoms with Crippen LogP contribution in [-0.2, 0) is 22.6 Å². The first kappa shape index (κ1) is 20.1. The highest BCUT2D eigenvalue weighted by Gasteiger charge is 2.30. The molecule has 5 heteroatoms. The molecule has 0 N–H and O–H groups in total. The van der Waals surface area contributed by atoms with E-state index in [1.165, 1.54) is 6.07 Å². The molecule has 0 spiro atoms. The first-order valence-corrected chi connectivity index (χ1v) is 9.92. The molecule has 0 aliphatic carbocycles. The van der Waals surface area contributed by atoms with Crippen molar-refractivity contribution in [3.8, 4) is 0 Å². The van der Waals surface area contributed by atoms with Crippen molar-refractivity contribution < 1.29 is 14.0 Å². The number of carbonyl (C=O) groups is 2. The molecule has 4 nitrogen and oxygen atoms in total. The number of piperidine rings is 1. The summed E-state index contributed by atoms with van der Waals surface area (Å²) in [4.78, 5) is 29.0. The van der Waals surface area contributed by atoms with E-state index in [-0.39, 0.29) is 30.0 Å². The van der Waals surface area contributed by atoms with Gasteiger partial charge in [0.2, 0.25) is 11.8 Å². The van der Waals surface area contributed by atoms with Gasteiger partial charge in [-0.15, -0.1) is 0 Å². The molecule has 148 valence electrons. The Morgan fingerprint density at radius 1 is 1.04 bits per heavy atom. The molecule has 1 aliphatic rings. The lowest BCUT2D eigenvalue weighted by Crippen LogP contribution is -2.44. The second-order valence-electron chi connectivity index (χ2n) is 7.26. The molecule has 1 aliphatic heterocycles. The van der Waals surface area contributed by atoms with Gasteiger partial charge in [-0.3, -0.25) is 9.59 Å². The van der Waals surface area contributed by atoms with Crippen molar-refractivity contribution in [2.75, 3.05) is 19.6 Å². The third kappa shape index (κ3) is 4.97. The molecule has 2 aromatic rings. The molecule has 2 amide bonds. The highest BCUT2D eigenvalue weighted by molar-refractivity contribution is 5.81. The van der Waals surface area contributed by atoms with Gasteiger partial charge >= 0.3 is 0 Å². The van der Waals surface area contributed by atoms with Crippen LogP contribution in [0.15, 0.2) is 54.6 Å². The summed E-state index contributed by atoms with van der Waals surface area (Å²) in [7, 11) is 0. The van der Waals surface area contributed by atoms with Gasteiger partial charge in [0, 0.05) is 32.1 Å². The second-order valence-corrected chi connectivity index (χ2v) is 7.26. The maximum Gasteiger partial charge on any atom is 0.227 e. The smallest absolute Gasteiger partial charge is 0.227 e. The van der Waals surface area contributed by atoms with E-state index >= 15 is 0 Å². The number of benzene rings is 2. The van der Waals surface area contributed by atoms with Crippen LogP contribution in [0.3, 0.4) is 0 Å². The van der Waals surface area contributed by atoms with Crippen LogP contribution in [0.4, 0.5) is 4.39 Å². The number of rotatable bonds is 6. The van der Waals surface area contributed by atoms with Crippen LogP contribution in [0, 0.1) is 11.7 Å². The van der Waals surface area contributed by atoms with E-state index in [0.29, 0.717) is 44.6 Å². The Morgan fingerprint density at radius 3 is 2.32 bits per heavy atom. The van der Waals surface area contributed by atoms with Gasteiger partial charge in [-0.1, -0.05) is 48.5 Å². The fourth-order valence-corrected chi connectivity index (χ4v) is 3.70. The largest absolute Gasteiger partial charge is 0.342 e. The Hall–Kier alpha value is -2.69. The molecule has 0 aromatic heterocycles. The van der Waals surface area contributed by atoms with E-state index in [9.17, 15) is 14.0 Å². The monoisotopic (exact) mass is 382 g/mol. The molecule has 1 fully saturated rings. The van der Waals surface area contributed by atoms with Crippen LogP contribution in [0.5, 0.6) is 0 Å². The van der Waals surface area contributed by atoms with Crippen molar-refractivity contribution in [2.24, 2.45) is 5.92 Å². The predicted octanol–water partition coefficient (Wildman–Crippen LogP) is 3.66. The van der Waals surface area contributed by atoms with Gasteiger partial charge in [0.1, 0.15) is 5.82 Å². The van der Waals surface area contributed by atoms with Gasteiger partial charge in [0.25, 0.3) is 0 Å². The number of likely N-dealkylation sites (tertiary alicyclic amines) is 1. The maximum absolute atomic E-state index is 13.8. The van der Waals surface area contributed by atoms with Gasteiger partial charge in [0.15, 0.2) is 0 Å². The van der Waals surface area contributed by atoms with E-state index in [1.807, 2.05) is 42.2 Å². The van der Waals surface area contributed by atoms with Gasteiger partial charge in [-0.25, -0.2) is 4.39 Å². The summed E-state index contributed by atoms with van der Waals surface area (Å²) in [5.41, 5.74) is 1.54. The quantitative estimate of drug-likeness (QED) is 0.765. The zero-order chi connectivity index (χ0) is 19.9. The first-order chi connectivity index (χ1) is 13.6. The van der Waals surface area contributed by atoms with Gasteiger partial charge in [-0.05, 0) is 37.0 Å². The fourth-order valence-electron chi connectivity index (χ4n) is 3.70. The summed E-state index contributed by atoms with van der Waals surface area (Å²) < 4.78 is 13.8. The zero-order valence-corrected chi connectivity index (χ0v) is 16.3. The van der Waals surface area contributed by atoms with Crippen molar-refractivity contribution in [3.05, 3.63) is 71.5 Å². The molecule has 1 saturated heterocycles. The van der Waals surface area contributed by atoms with Crippen molar-refractivity contribution >= 4 is 11.8 Å². The zero-order valence-electron chi connectivity index (χ0n) is 16.3. The summed E-state index contributed by atoms with van der Waals surface area (Å²) in [5, 5.41) is 0. The van der Waals surface area contributed by atoms with E-state index in [1.54, 1.807) is 23.1 Å². The van der Waals surface area contributed by atoms with Crippen LogP contribution >= 0.6 is 0 Å². The molecule has 1 heterocycles. The summed E-state index contributed by atoms with van der Waals surface area (Å²) in [6.07, 6.45) is 1.39. The Bertz CT molecular complexity index is 801. The summed E-state index contributed by atoms with van der Waals surface area (Å²) in [6, 6.07) is 16.4. The fraction of sp³-hybridized carbons (Fsp3) is 0.391. The van der Waals surface area contributed by atoms with E-state index in [4.69, 9.17) is 0 Å². The molecular weight excluding hydrogens is 355 g/mol. The summed E-state index contributed by atoms with van der Waals surface area (Å²) >= 11 is 0. The Labute approximate surface area is 166 Å². The number of amides is 2. The van der Waals surface area contributed by atoms with Crippen molar-refractivity contribution in [1.82, 2.24) is 9.80 Å². The minimum atomic E-state index is -0.347. The van der Waals surface area contributed by atoms with Crippen molar-refractivity contribution in [3.63, 3.8) is 0 Å². The van der Waals surface area contributed by atoms with Gasteiger partial charge < -0.3 is 9.80 Å². The minimum absolute atomic E-state index is 0.0545. The molecule has 0 saturated carbocycles. The third-order valence-corrected chi connectivity index (χ3v) is 5.41. The lowest BCUT2D eigenvalue weighted by Gasteiger charge is -2.34. The Balaban J connectivity index is 1.53. The van der Waals surface area contributed by atoms with E-state index < -0.39 is 0 Å². The minimum Gasteiger partial charge on any atom is -0.342 e. The molecular formula is C23H27FN2O2. The Morgan fingerprint density at radius 2 is 1.68 bits per heavy atom. The maximum atomic E-state index is 13.8. The average molecular weight is 382 g/mol. The number of halogens is 1. The van der Waals surface area contributed by atoms with Crippen LogP contribution in [0.25, 0.3) is 0 Å². The van der Waals surface area contributed by atoms with Crippen LogP contribution in [-0.4, -0.2) is 41.2 Å². The molecule has 0 unspecified atom stereocenters. The van der Waals surface area contributed by atoms with E-state index in [2.05, 4.69) is 0 Å². The number of hydrogen-bond donors (Lipinski definition) is 0. The third-order valence-electron chi connectivity index (χ3n) is 5.41. The first-order valence-electron chi connectivity index (χ1n) is 9.92. The standard InChI is InChI=1S/C23H27FN2O2/c1-2-25(17-18-8-4-3-5-9-18)23(28)19-12-14-26(15-13-19)22(27)16-20-10-6-7-11-21(20)24/h3-11,19H,2,12-17H2,1H3. The number of nitrogens with zero attached hydrogens (tertiary/aromatic N) is 2. The summed E-state index contributed by atoms with van der Waals surface area (Å²) in [6.45, 7) is 4.37. The lowest BCUT2D eigenvalue weighted by molar-refractivity contribution is -0.140. The van der Waals surface area contributed by atoms with Crippen molar-refractivity contribution in [1.29, 1.82) is 0 Å². The van der Waals surface area contributed by atoms with Crippen LogP contribution in [0.1, 0.15) is 30.9 Å². The van der Waals surface area contributed by atoms with Gasteiger partial charge in [-0.2, -0.15) is 0 Å². The van der Waals surface area contributed by atoms with Gasteiger partial charge in [0.05, 0.1) is 6.42 Å². The lowest BCUT2D eigenvalue weighted by atomic mass is 9.94. The van der Waals surface area contributed by atoms with E-state index in [0.717, 1.165) is 5.56 Å². The Kier molecular flexibility index (Phi) is 6.80. The average Bonchev–Trinajstić information content (AvgIpc) is 2.74. The van der Waals surface area contributed by atoms with Crippen LogP contribution in [0.2, 0.25) is 0 Å². The SMILES string of the molecule is CCN(Cc1ccccc1)C(=O)C1CCN(C(=O)Cc2ccccc2F)CC1. The molecule has 28 heavy (non-hydrogen) atoms. The summed E-state index contributed by atoms with van der Waals surface area (Å²) in [5.74, 6) is -0.318. The number of carbonyl (C=O) groups excluding carboxylic acids is 2.